The molecule has 2 nitrogen and oxygen atoms in total. The first-order valence-electron chi connectivity index (χ1n) is 4.17. The fourth-order valence-corrected chi connectivity index (χ4v) is 1.40. The number of epoxide rings is 1. The summed E-state index contributed by atoms with van der Waals surface area (Å²) in [5.74, 6) is 0. The summed E-state index contributed by atoms with van der Waals surface area (Å²) < 4.78 is 5.31. The molecule has 1 N–H and O–H groups in total. The van der Waals surface area contributed by atoms with Crippen LogP contribution in [0.3, 0.4) is 0 Å². The first-order chi connectivity index (χ1) is 5.79. The van der Waals surface area contributed by atoms with Gasteiger partial charge in [-0.3, -0.25) is 0 Å². The van der Waals surface area contributed by atoms with Crippen LogP contribution in [0.15, 0.2) is 30.3 Å². The lowest BCUT2D eigenvalue weighted by Crippen LogP contribution is -2.09. The van der Waals surface area contributed by atoms with E-state index in [4.69, 9.17) is 4.74 Å². The highest BCUT2D eigenvalue weighted by atomic mass is 16.6. The molecular formula is C10H12O2. The highest BCUT2D eigenvalue weighted by molar-refractivity contribution is 5.22. The Balaban J connectivity index is 2.06. The molecule has 0 spiro atoms. The number of hydrogen-bond donors (Lipinski definition) is 1. The Bertz CT molecular complexity index is 256. The number of hydrogen-bond acceptors (Lipinski definition) is 2. The summed E-state index contributed by atoms with van der Waals surface area (Å²) in [7, 11) is 0. The zero-order valence-corrected chi connectivity index (χ0v) is 6.97. The van der Waals surface area contributed by atoms with Crippen molar-refractivity contribution in [1.82, 2.24) is 0 Å². The zero-order chi connectivity index (χ0) is 8.55. The van der Waals surface area contributed by atoms with Crippen molar-refractivity contribution in [2.75, 3.05) is 0 Å². The minimum Gasteiger partial charge on any atom is -0.391 e. The van der Waals surface area contributed by atoms with Gasteiger partial charge in [0.25, 0.3) is 0 Å². The average Bonchev–Trinajstić information content (AvgIpc) is 2.84. The maximum Gasteiger partial charge on any atom is 0.114 e. The van der Waals surface area contributed by atoms with Gasteiger partial charge in [-0.2, -0.15) is 0 Å². The van der Waals surface area contributed by atoms with Gasteiger partial charge in [0, 0.05) is 0 Å². The maximum atomic E-state index is 9.20. The van der Waals surface area contributed by atoms with E-state index in [1.807, 2.05) is 30.3 Å². The van der Waals surface area contributed by atoms with E-state index in [0.717, 1.165) is 5.56 Å². The van der Waals surface area contributed by atoms with E-state index in [0.29, 0.717) is 0 Å². The summed E-state index contributed by atoms with van der Waals surface area (Å²) in [5, 5.41) is 9.20. The predicted molar refractivity (Wildman–Crippen MR) is 45.7 cm³/mol. The Hall–Kier alpha value is -0.860. The highest BCUT2D eigenvalue weighted by Gasteiger charge is 2.43. The maximum absolute atomic E-state index is 9.20. The fourth-order valence-electron chi connectivity index (χ4n) is 1.40. The standard InChI is InChI=1S/C10H12O2/c1-7(11)9-10(12-9)8-5-3-2-4-6-8/h2-7,9-11H,1H3/t7?,9-,10-/m0/s1. The molecule has 1 aromatic carbocycles. The van der Waals surface area contributed by atoms with Crippen molar-refractivity contribution in [2.45, 2.75) is 25.2 Å². The third-order valence-electron chi connectivity index (χ3n) is 2.13. The molecule has 1 saturated heterocycles. The van der Waals surface area contributed by atoms with E-state index in [2.05, 4.69) is 0 Å². The third-order valence-corrected chi connectivity index (χ3v) is 2.13. The molecule has 2 rings (SSSR count). The van der Waals surface area contributed by atoms with Crippen molar-refractivity contribution >= 4 is 0 Å². The van der Waals surface area contributed by atoms with Crippen LogP contribution in [0, 0.1) is 0 Å². The van der Waals surface area contributed by atoms with Crippen molar-refractivity contribution in [2.24, 2.45) is 0 Å². The van der Waals surface area contributed by atoms with Crippen LogP contribution >= 0.6 is 0 Å². The molecule has 64 valence electrons. The Morgan fingerprint density at radius 3 is 2.50 bits per heavy atom. The quantitative estimate of drug-likeness (QED) is 0.672. The molecule has 2 heteroatoms. The Labute approximate surface area is 71.8 Å². The Kier molecular flexibility index (Phi) is 1.87. The molecule has 0 bridgehead atoms. The number of rotatable bonds is 2. The smallest absolute Gasteiger partial charge is 0.114 e. The lowest BCUT2D eigenvalue weighted by molar-refractivity contribution is 0.152. The second kappa shape index (κ2) is 2.88. The third kappa shape index (κ3) is 1.36. The summed E-state index contributed by atoms with van der Waals surface area (Å²) in [4.78, 5) is 0. The normalized spacial score (nSPS) is 29.8. The second-order valence-corrected chi connectivity index (χ2v) is 3.17. The van der Waals surface area contributed by atoms with Crippen LogP contribution in [0.25, 0.3) is 0 Å². The van der Waals surface area contributed by atoms with Gasteiger partial charge in [-0.25, -0.2) is 0 Å². The molecule has 1 aliphatic heterocycles. The molecule has 0 aliphatic carbocycles. The van der Waals surface area contributed by atoms with E-state index in [9.17, 15) is 5.11 Å². The van der Waals surface area contributed by atoms with Gasteiger partial charge >= 0.3 is 0 Å². The van der Waals surface area contributed by atoms with Gasteiger partial charge in [0.2, 0.25) is 0 Å². The first-order valence-corrected chi connectivity index (χ1v) is 4.17. The first kappa shape index (κ1) is 7.77. The van der Waals surface area contributed by atoms with Crippen molar-refractivity contribution in [1.29, 1.82) is 0 Å². The minimum atomic E-state index is -0.366. The van der Waals surface area contributed by atoms with Gasteiger partial charge in [0.05, 0.1) is 6.10 Å². The van der Waals surface area contributed by atoms with Crippen LogP contribution in [-0.4, -0.2) is 17.3 Å². The largest absolute Gasteiger partial charge is 0.391 e. The highest BCUT2D eigenvalue weighted by Crippen LogP contribution is 2.40. The predicted octanol–water partition coefficient (Wildman–Crippen LogP) is 1.51. The van der Waals surface area contributed by atoms with Crippen LogP contribution in [0.5, 0.6) is 0 Å². The van der Waals surface area contributed by atoms with E-state index < -0.39 is 0 Å². The van der Waals surface area contributed by atoms with Gasteiger partial charge in [0.1, 0.15) is 12.2 Å². The number of ether oxygens (including phenoxy) is 1. The molecular weight excluding hydrogens is 152 g/mol. The monoisotopic (exact) mass is 164 g/mol. The average molecular weight is 164 g/mol. The molecule has 12 heavy (non-hydrogen) atoms. The lowest BCUT2D eigenvalue weighted by Gasteiger charge is -1.97. The van der Waals surface area contributed by atoms with E-state index in [1.54, 1.807) is 6.92 Å². The van der Waals surface area contributed by atoms with Crippen molar-refractivity contribution in [3.63, 3.8) is 0 Å². The molecule has 0 aromatic heterocycles. The molecule has 0 saturated carbocycles. The summed E-state index contributed by atoms with van der Waals surface area (Å²) in [6, 6.07) is 9.98. The molecule has 0 radical (unpaired) electrons. The summed E-state index contributed by atoms with van der Waals surface area (Å²) >= 11 is 0. The molecule has 1 heterocycles. The SMILES string of the molecule is CC(O)[C@@H]1O[C@H]1c1ccccc1. The van der Waals surface area contributed by atoms with E-state index in [-0.39, 0.29) is 18.3 Å². The summed E-state index contributed by atoms with van der Waals surface area (Å²) in [6.07, 6.45) is -0.242. The molecule has 1 aromatic rings. The van der Waals surface area contributed by atoms with Crippen molar-refractivity contribution in [3.8, 4) is 0 Å². The van der Waals surface area contributed by atoms with E-state index >= 15 is 0 Å². The van der Waals surface area contributed by atoms with Crippen LogP contribution < -0.4 is 0 Å². The topological polar surface area (TPSA) is 32.8 Å². The van der Waals surface area contributed by atoms with Gasteiger partial charge in [-0.15, -0.1) is 0 Å². The lowest BCUT2D eigenvalue weighted by atomic mass is 10.1. The molecule has 1 fully saturated rings. The van der Waals surface area contributed by atoms with Crippen molar-refractivity contribution in [3.05, 3.63) is 35.9 Å². The number of benzene rings is 1. The number of aliphatic hydroxyl groups is 1. The van der Waals surface area contributed by atoms with Gasteiger partial charge in [-0.1, -0.05) is 30.3 Å². The van der Waals surface area contributed by atoms with Gasteiger partial charge in [0.15, 0.2) is 0 Å². The second-order valence-electron chi connectivity index (χ2n) is 3.17. The van der Waals surface area contributed by atoms with E-state index in [1.165, 1.54) is 0 Å². The van der Waals surface area contributed by atoms with Crippen molar-refractivity contribution < 1.29 is 9.84 Å². The molecule has 3 atom stereocenters. The summed E-state index contributed by atoms with van der Waals surface area (Å²) in [6.45, 7) is 1.76. The van der Waals surface area contributed by atoms with Crippen LogP contribution in [0.2, 0.25) is 0 Å². The Morgan fingerprint density at radius 1 is 1.33 bits per heavy atom. The van der Waals surface area contributed by atoms with Gasteiger partial charge in [-0.05, 0) is 12.5 Å². The molecule has 1 aliphatic rings. The Morgan fingerprint density at radius 2 is 2.00 bits per heavy atom. The zero-order valence-electron chi connectivity index (χ0n) is 6.97. The summed E-state index contributed by atoms with van der Waals surface area (Å²) in [5.41, 5.74) is 1.16. The fraction of sp³-hybridized carbons (Fsp3) is 0.400. The van der Waals surface area contributed by atoms with Crippen LogP contribution in [0.4, 0.5) is 0 Å². The van der Waals surface area contributed by atoms with Crippen LogP contribution in [-0.2, 0) is 4.74 Å². The van der Waals surface area contributed by atoms with Gasteiger partial charge < -0.3 is 9.84 Å². The molecule has 0 amide bonds. The minimum absolute atomic E-state index is 0.00685. The number of aliphatic hydroxyl groups excluding tert-OH is 1. The molecule has 1 unspecified atom stereocenters. The van der Waals surface area contributed by atoms with Crippen LogP contribution in [0.1, 0.15) is 18.6 Å².